The molecule has 1 rings (SSSR count). The molecule has 1 aromatic rings. The number of likely N-dealkylation sites (N-methyl/N-ethyl adjacent to an activating group) is 1. The van der Waals surface area contributed by atoms with Gasteiger partial charge in [-0.15, -0.1) is 0 Å². The summed E-state index contributed by atoms with van der Waals surface area (Å²) in [6, 6.07) is 1.37. The van der Waals surface area contributed by atoms with E-state index in [4.69, 9.17) is 9.84 Å². The molecule has 1 aromatic heterocycles. The van der Waals surface area contributed by atoms with Gasteiger partial charge in [0.15, 0.2) is 0 Å². The van der Waals surface area contributed by atoms with Gasteiger partial charge in [-0.25, -0.2) is 0 Å². The highest BCUT2D eigenvalue weighted by molar-refractivity contribution is 5.96. The fraction of sp³-hybridized carbons (Fsp3) is 0.455. The first-order valence-corrected chi connectivity index (χ1v) is 4.97. The number of nitrogens with zero attached hydrogens (tertiary/aromatic N) is 2. The number of ether oxygens (including phenoxy) is 1. The molecule has 0 aliphatic carbocycles. The molecule has 0 aliphatic rings. The maximum atomic E-state index is 12.0. The first kappa shape index (κ1) is 12.4. The lowest BCUT2D eigenvalue weighted by Gasteiger charge is -2.23. The van der Waals surface area contributed by atoms with Crippen molar-refractivity contribution in [3.63, 3.8) is 0 Å². The highest BCUT2D eigenvalue weighted by atomic mass is 16.5. The summed E-state index contributed by atoms with van der Waals surface area (Å²) in [7, 11) is 3.13. The summed E-state index contributed by atoms with van der Waals surface area (Å²) in [4.78, 5) is 17.4. The van der Waals surface area contributed by atoms with Crippen molar-refractivity contribution in [2.75, 3.05) is 20.8 Å². The van der Waals surface area contributed by atoms with E-state index >= 15 is 0 Å². The van der Waals surface area contributed by atoms with Gasteiger partial charge in [0.05, 0.1) is 31.5 Å². The van der Waals surface area contributed by atoms with Crippen LogP contribution in [0.25, 0.3) is 0 Å². The molecule has 1 unspecified atom stereocenters. The molecule has 88 valence electrons. The molecule has 0 aliphatic heterocycles. The lowest BCUT2D eigenvalue weighted by molar-refractivity contribution is 0.0678. The Bertz CT molecular complexity index is 368. The number of amides is 1. The van der Waals surface area contributed by atoms with E-state index in [9.17, 15) is 4.79 Å². The van der Waals surface area contributed by atoms with Crippen molar-refractivity contribution < 1.29 is 14.6 Å². The van der Waals surface area contributed by atoms with Crippen LogP contribution in [0, 0.1) is 0 Å². The van der Waals surface area contributed by atoms with Gasteiger partial charge < -0.3 is 14.7 Å². The zero-order valence-electron chi connectivity index (χ0n) is 9.67. The van der Waals surface area contributed by atoms with Gasteiger partial charge in [-0.2, -0.15) is 0 Å². The van der Waals surface area contributed by atoms with E-state index in [0.29, 0.717) is 11.3 Å². The summed E-state index contributed by atoms with van der Waals surface area (Å²) in [5.74, 6) is 0.241. The number of aliphatic hydroxyl groups is 1. The van der Waals surface area contributed by atoms with E-state index in [-0.39, 0.29) is 18.6 Å². The summed E-state index contributed by atoms with van der Waals surface area (Å²) in [5.41, 5.74) is 0.445. The van der Waals surface area contributed by atoms with Crippen LogP contribution in [0.4, 0.5) is 0 Å². The highest BCUT2D eigenvalue weighted by Gasteiger charge is 2.19. The molecule has 0 radical (unpaired) electrons. The van der Waals surface area contributed by atoms with Crippen molar-refractivity contribution in [2.45, 2.75) is 13.0 Å². The zero-order valence-corrected chi connectivity index (χ0v) is 9.67. The third-order valence-corrected chi connectivity index (χ3v) is 2.48. The SMILES string of the molecule is COc1cnccc1C(=O)N(C)C(C)CO. The maximum absolute atomic E-state index is 12.0. The van der Waals surface area contributed by atoms with Crippen LogP contribution in [0.15, 0.2) is 18.5 Å². The van der Waals surface area contributed by atoms with E-state index in [1.54, 1.807) is 20.0 Å². The average Bonchev–Trinajstić information content (AvgIpc) is 2.35. The molecular weight excluding hydrogens is 208 g/mol. The molecule has 0 saturated heterocycles. The Balaban J connectivity index is 2.95. The number of pyridine rings is 1. The van der Waals surface area contributed by atoms with E-state index in [2.05, 4.69) is 4.98 Å². The van der Waals surface area contributed by atoms with Crippen LogP contribution < -0.4 is 4.74 Å². The molecule has 1 amide bonds. The Morgan fingerprint density at radius 1 is 1.69 bits per heavy atom. The normalized spacial score (nSPS) is 12.0. The zero-order chi connectivity index (χ0) is 12.1. The number of hydrogen-bond donors (Lipinski definition) is 1. The van der Waals surface area contributed by atoms with Gasteiger partial charge in [-0.1, -0.05) is 0 Å². The number of aromatic nitrogens is 1. The smallest absolute Gasteiger partial charge is 0.257 e. The standard InChI is InChI=1S/C11H16N2O3/c1-8(7-14)13(2)11(15)9-4-5-12-6-10(9)16-3/h4-6,8,14H,7H2,1-3H3. The minimum absolute atomic E-state index is 0.0738. The Morgan fingerprint density at radius 2 is 2.38 bits per heavy atom. The third-order valence-electron chi connectivity index (χ3n) is 2.48. The Hall–Kier alpha value is -1.62. The quantitative estimate of drug-likeness (QED) is 0.811. The number of carbonyl (C=O) groups excluding carboxylic acids is 1. The molecule has 0 aromatic carbocycles. The summed E-state index contributed by atoms with van der Waals surface area (Å²) in [6.07, 6.45) is 3.03. The average molecular weight is 224 g/mol. The Morgan fingerprint density at radius 3 is 2.94 bits per heavy atom. The van der Waals surface area contributed by atoms with Crippen LogP contribution in [0.1, 0.15) is 17.3 Å². The molecule has 0 fully saturated rings. The van der Waals surface area contributed by atoms with Gasteiger partial charge in [0.25, 0.3) is 5.91 Å². The van der Waals surface area contributed by atoms with E-state index in [1.807, 2.05) is 0 Å². The van der Waals surface area contributed by atoms with Crippen molar-refractivity contribution in [2.24, 2.45) is 0 Å². The molecule has 1 heterocycles. The van der Waals surface area contributed by atoms with Gasteiger partial charge in [0, 0.05) is 13.2 Å². The molecule has 16 heavy (non-hydrogen) atoms. The van der Waals surface area contributed by atoms with Crippen LogP contribution in [0.5, 0.6) is 5.75 Å². The number of aliphatic hydroxyl groups excluding tert-OH is 1. The lowest BCUT2D eigenvalue weighted by Crippen LogP contribution is -2.37. The van der Waals surface area contributed by atoms with Crippen molar-refractivity contribution in [1.82, 2.24) is 9.88 Å². The maximum Gasteiger partial charge on any atom is 0.257 e. The van der Waals surface area contributed by atoms with E-state index < -0.39 is 0 Å². The first-order valence-electron chi connectivity index (χ1n) is 4.97. The predicted octanol–water partition coefficient (Wildman–Crippen LogP) is 0.543. The number of hydrogen-bond acceptors (Lipinski definition) is 4. The minimum atomic E-state index is -0.231. The summed E-state index contributed by atoms with van der Waals surface area (Å²) >= 11 is 0. The molecule has 5 nitrogen and oxygen atoms in total. The first-order chi connectivity index (χ1) is 7.61. The van der Waals surface area contributed by atoms with Gasteiger partial charge in [-0.05, 0) is 13.0 Å². The van der Waals surface area contributed by atoms with Crippen molar-refractivity contribution in [3.8, 4) is 5.75 Å². The molecular formula is C11H16N2O3. The fourth-order valence-corrected chi connectivity index (χ4v) is 1.23. The topological polar surface area (TPSA) is 62.7 Å². The minimum Gasteiger partial charge on any atom is -0.494 e. The summed E-state index contributed by atoms with van der Waals surface area (Å²) in [5, 5.41) is 8.99. The summed E-state index contributed by atoms with van der Waals surface area (Å²) in [6.45, 7) is 1.70. The highest BCUT2D eigenvalue weighted by Crippen LogP contribution is 2.18. The predicted molar refractivity (Wildman–Crippen MR) is 59.4 cm³/mol. The van der Waals surface area contributed by atoms with E-state index in [1.165, 1.54) is 24.4 Å². The van der Waals surface area contributed by atoms with Crippen molar-refractivity contribution in [1.29, 1.82) is 0 Å². The Kier molecular flexibility index (Phi) is 4.25. The van der Waals surface area contributed by atoms with Crippen LogP contribution in [0.3, 0.4) is 0 Å². The molecule has 1 atom stereocenters. The fourth-order valence-electron chi connectivity index (χ4n) is 1.23. The second kappa shape index (κ2) is 5.46. The van der Waals surface area contributed by atoms with Gasteiger partial charge in [0.2, 0.25) is 0 Å². The molecule has 0 spiro atoms. The molecule has 0 saturated carbocycles. The van der Waals surface area contributed by atoms with Gasteiger partial charge in [-0.3, -0.25) is 9.78 Å². The number of carbonyl (C=O) groups is 1. The monoisotopic (exact) mass is 224 g/mol. The molecule has 0 bridgehead atoms. The number of rotatable bonds is 4. The van der Waals surface area contributed by atoms with Crippen LogP contribution in [-0.2, 0) is 0 Å². The van der Waals surface area contributed by atoms with E-state index in [0.717, 1.165) is 0 Å². The molecule has 5 heteroatoms. The van der Waals surface area contributed by atoms with Crippen LogP contribution >= 0.6 is 0 Å². The second-order valence-corrected chi connectivity index (χ2v) is 3.52. The largest absolute Gasteiger partial charge is 0.494 e. The van der Waals surface area contributed by atoms with Crippen LogP contribution in [0.2, 0.25) is 0 Å². The lowest BCUT2D eigenvalue weighted by atomic mass is 10.2. The Labute approximate surface area is 94.7 Å². The summed E-state index contributed by atoms with van der Waals surface area (Å²) < 4.78 is 5.06. The van der Waals surface area contributed by atoms with Crippen molar-refractivity contribution >= 4 is 5.91 Å². The van der Waals surface area contributed by atoms with Crippen LogP contribution in [-0.4, -0.2) is 47.7 Å². The van der Waals surface area contributed by atoms with Gasteiger partial charge >= 0.3 is 0 Å². The van der Waals surface area contributed by atoms with Gasteiger partial charge in [0.1, 0.15) is 5.75 Å². The molecule has 1 N–H and O–H groups in total. The second-order valence-electron chi connectivity index (χ2n) is 3.52. The van der Waals surface area contributed by atoms with Crippen molar-refractivity contribution in [3.05, 3.63) is 24.0 Å². The number of methoxy groups -OCH3 is 1. The third kappa shape index (κ3) is 2.49.